The summed E-state index contributed by atoms with van der Waals surface area (Å²) in [5, 5.41) is 15.4. The van der Waals surface area contributed by atoms with Gasteiger partial charge in [-0.15, -0.1) is 10.2 Å². The van der Waals surface area contributed by atoms with Gasteiger partial charge in [0.1, 0.15) is 5.82 Å². The summed E-state index contributed by atoms with van der Waals surface area (Å²) in [7, 11) is 0. The molecule has 3 atom stereocenters. The largest absolute Gasteiger partial charge is 0.356 e. The van der Waals surface area contributed by atoms with Crippen LogP contribution in [0.1, 0.15) is 45.6 Å². The maximum absolute atomic E-state index is 13.0. The third kappa shape index (κ3) is 4.01. The normalized spacial score (nSPS) is 27.2. The second-order valence-electron chi connectivity index (χ2n) is 8.87. The van der Waals surface area contributed by atoms with E-state index in [0.29, 0.717) is 28.8 Å². The molecule has 2 fully saturated rings. The first-order valence-corrected chi connectivity index (χ1v) is 11.8. The van der Waals surface area contributed by atoms with Gasteiger partial charge in [-0.25, -0.2) is 4.39 Å². The van der Waals surface area contributed by atoms with Crippen molar-refractivity contribution in [3.63, 3.8) is 0 Å². The molecule has 2 N–H and O–H groups in total. The number of carbonyl (C=O) groups excluding carboxylic acids is 1. The van der Waals surface area contributed by atoms with Crippen LogP contribution in [0.3, 0.4) is 0 Å². The van der Waals surface area contributed by atoms with Crippen molar-refractivity contribution in [1.82, 2.24) is 15.5 Å². The van der Waals surface area contributed by atoms with Gasteiger partial charge in [0.25, 0.3) is 0 Å². The fourth-order valence-corrected chi connectivity index (χ4v) is 6.46. The predicted molar refractivity (Wildman–Crippen MR) is 116 cm³/mol. The molecule has 5 nitrogen and oxygen atoms in total. The minimum absolute atomic E-state index is 0.0700. The van der Waals surface area contributed by atoms with Gasteiger partial charge in [0.2, 0.25) is 11.0 Å². The lowest BCUT2D eigenvalue weighted by molar-refractivity contribution is -0.120. The summed E-state index contributed by atoms with van der Waals surface area (Å²) in [6, 6.07) is 6.62. The number of hydrogen-bond acceptors (Lipinski definition) is 6. The summed E-state index contributed by atoms with van der Waals surface area (Å²) in [5.74, 6) is 0.887. The molecule has 0 spiro atoms. The summed E-state index contributed by atoms with van der Waals surface area (Å²) in [6.45, 7) is 7.60. The molecule has 2 saturated carbocycles. The van der Waals surface area contributed by atoms with E-state index in [1.807, 2.05) is 0 Å². The molecule has 156 valence electrons. The Hall–Kier alpha value is -1.67. The number of fused-ring (bicyclic) bond motifs is 2. The van der Waals surface area contributed by atoms with Crippen molar-refractivity contribution < 1.29 is 9.18 Å². The van der Waals surface area contributed by atoms with E-state index in [0.717, 1.165) is 16.3 Å². The average molecular weight is 435 g/mol. The van der Waals surface area contributed by atoms with E-state index in [9.17, 15) is 9.18 Å². The molecule has 4 rings (SSSR count). The van der Waals surface area contributed by atoms with Gasteiger partial charge in [0, 0.05) is 12.6 Å². The fraction of sp³-hybridized carbons (Fsp3) is 0.571. The highest BCUT2D eigenvalue weighted by Gasteiger charge is 2.61. The van der Waals surface area contributed by atoms with E-state index in [-0.39, 0.29) is 23.2 Å². The van der Waals surface area contributed by atoms with Crippen LogP contribution < -0.4 is 10.6 Å². The van der Waals surface area contributed by atoms with E-state index in [1.54, 1.807) is 12.1 Å². The van der Waals surface area contributed by atoms with E-state index < -0.39 is 0 Å². The lowest BCUT2D eigenvalue weighted by Crippen LogP contribution is -2.47. The van der Waals surface area contributed by atoms with Crippen molar-refractivity contribution in [2.24, 2.45) is 16.7 Å². The number of nitrogens with one attached hydrogen (secondary N) is 2. The van der Waals surface area contributed by atoms with Gasteiger partial charge in [-0.2, -0.15) is 0 Å². The van der Waals surface area contributed by atoms with E-state index in [4.69, 9.17) is 0 Å². The first-order valence-electron chi connectivity index (χ1n) is 10.0. The minimum atomic E-state index is -0.246. The summed E-state index contributed by atoms with van der Waals surface area (Å²) in [4.78, 5) is 12.5. The van der Waals surface area contributed by atoms with Crippen LogP contribution in [0.5, 0.6) is 0 Å². The fourth-order valence-electron chi connectivity index (χ4n) is 4.90. The van der Waals surface area contributed by atoms with Crippen molar-refractivity contribution in [1.29, 1.82) is 0 Å². The lowest BCUT2D eigenvalue weighted by Gasteiger charge is -2.39. The van der Waals surface area contributed by atoms with Crippen LogP contribution >= 0.6 is 23.1 Å². The SMILES string of the molecule is CC1(C)C2CCC1(C)C(NC(=O)CSc1nnc(NCc3ccc(F)cc3)s1)C2. The molecule has 1 amide bonds. The molecule has 1 heterocycles. The van der Waals surface area contributed by atoms with Gasteiger partial charge >= 0.3 is 0 Å². The summed E-state index contributed by atoms with van der Waals surface area (Å²) < 4.78 is 13.7. The summed E-state index contributed by atoms with van der Waals surface area (Å²) in [6.07, 6.45) is 3.57. The van der Waals surface area contributed by atoms with Gasteiger partial charge in [0.15, 0.2) is 4.34 Å². The zero-order chi connectivity index (χ0) is 20.6. The highest BCUT2D eigenvalue weighted by molar-refractivity contribution is 8.01. The van der Waals surface area contributed by atoms with Crippen LogP contribution in [0.15, 0.2) is 28.6 Å². The highest BCUT2D eigenvalue weighted by atomic mass is 32.2. The number of anilines is 1. The van der Waals surface area contributed by atoms with Crippen LogP contribution in [-0.2, 0) is 11.3 Å². The molecule has 0 aliphatic heterocycles. The predicted octanol–water partition coefficient (Wildman–Crippen LogP) is 4.71. The third-order valence-electron chi connectivity index (χ3n) is 7.22. The second-order valence-corrected chi connectivity index (χ2v) is 11.1. The number of thioether (sulfide) groups is 1. The lowest BCUT2D eigenvalue weighted by atomic mass is 9.69. The van der Waals surface area contributed by atoms with E-state index in [2.05, 4.69) is 41.6 Å². The molecule has 1 aromatic carbocycles. The summed E-state index contributed by atoms with van der Waals surface area (Å²) in [5.41, 5.74) is 1.46. The quantitative estimate of drug-likeness (QED) is 0.618. The van der Waals surface area contributed by atoms with Crippen LogP contribution in [0, 0.1) is 22.6 Å². The van der Waals surface area contributed by atoms with Crippen molar-refractivity contribution in [3.8, 4) is 0 Å². The Bertz CT molecular complexity index is 885. The van der Waals surface area contributed by atoms with Crippen LogP contribution in [0.4, 0.5) is 9.52 Å². The Balaban J connectivity index is 1.25. The molecule has 8 heteroatoms. The van der Waals surface area contributed by atoms with Gasteiger partial charge in [-0.05, 0) is 53.7 Å². The maximum Gasteiger partial charge on any atom is 0.230 e. The van der Waals surface area contributed by atoms with Crippen molar-refractivity contribution >= 4 is 34.1 Å². The first kappa shape index (κ1) is 20.6. The molecule has 0 radical (unpaired) electrons. The molecule has 2 aliphatic rings. The van der Waals surface area contributed by atoms with Gasteiger partial charge in [-0.3, -0.25) is 4.79 Å². The molecule has 3 unspecified atom stereocenters. The molecule has 29 heavy (non-hydrogen) atoms. The Labute approximate surface area is 179 Å². The molecule has 1 aromatic heterocycles. The van der Waals surface area contributed by atoms with E-state index in [1.165, 1.54) is 48.1 Å². The number of amides is 1. The molecular formula is C21H27FN4OS2. The maximum atomic E-state index is 13.0. The molecular weight excluding hydrogens is 407 g/mol. The van der Waals surface area contributed by atoms with Gasteiger partial charge in [0.05, 0.1) is 5.75 Å². The second kappa shape index (κ2) is 7.87. The molecule has 2 aromatic rings. The zero-order valence-electron chi connectivity index (χ0n) is 17.0. The Morgan fingerprint density at radius 2 is 2.03 bits per heavy atom. The topological polar surface area (TPSA) is 66.9 Å². The third-order valence-corrected chi connectivity index (χ3v) is 9.23. The number of carbonyl (C=O) groups is 1. The Morgan fingerprint density at radius 3 is 2.69 bits per heavy atom. The molecule has 2 bridgehead atoms. The summed E-state index contributed by atoms with van der Waals surface area (Å²) >= 11 is 2.85. The molecule has 2 aliphatic carbocycles. The molecule has 0 saturated heterocycles. The van der Waals surface area contributed by atoms with E-state index >= 15 is 0 Å². The van der Waals surface area contributed by atoms with Crippen molar-refractivity contribution in [3.05, 3.63) is 35.6 Å². The van der Waals surface area contributed by atoms with Crippen LogP contribution in [0.25, 0.3) is 0 Å². The highest BCUT2D eigenvalue weighted by Crippen LogP contribution is 2.65. The Kier molecular flexibility index (Phi) is 5.59. The zero-order valence-corrected chi connectivity index (χ0v) is 18.6. The van der Waals surface area contributed by atoms with Crippen LogP contribution in [-0.4, -0.2) is 27.9 Å². The standard InChI is InChI=1S/C21H27FN4OS2/c1-20(2)14-8-9-21(20,3)16(10-14)24-17(27)12-28-19-26-25-18(29-19)23-11-13-4-6-15(22)7-5-13/h4-7,14,16H,8-12H2,1-3H3,(H,23,25)(H,24,27). The average Bonchev–Trinajstić information content (AvgIpc) is 3.28. The number of aromatic nitrogens is 2. The Morgan fingerprint density at radius 1 is 1.28 bits per heavy atom. The van der Waals surface area contributed by atoms with Gasteiger partial charge < -0.3 is 10.6 Å². The minimum Gasteiger partial charge on any atom is -0.356 e. The number of halogens is 1. The van der Waals surface area contributed by atoms with Crippen molar-refractivity contribution in [2.45, 2.75) is 57.0 Å². The monoisotopic (exact) mass is 434 g/mol. The van der Waals surface area contributed by atoms with Crippen molar-refractivity contribution in [2.75, 3.05) is 11.1 Å². The van der Waals surface area contributed by atoms with Crippen LogP contribution in [0.2, 0.25) is 0 Å². The number of hydrogen-bond donors (Lipinski definition) is 2. The number of benzene rings is 1. The van der Waals surface area contributed by atoms with Gasteiger partial charge in [-0.1, -0.05) is 56.0 Å². The first-order chi connectivity index (χ1) is 13.8. The number of nitrogens with zero attached hydrogens (tertiary/aromatic N) is 2. The number of rotatable bonds is 7. The smallest absolute Gasteiger partial charge is 0.230 e.